The van der Waals surface area contributed by atoms with Crippen LogP contribution in [0.1, 0.15) is 24.0 Å². The van der Waals surface area contributed by atoms with E-state index in [4.69, 9.17) is 4.74 Å². The quantitative estimate of drug-likeness (QED) is 0.396. The second kappa shape index (κ2) is 8.53. The summed E-state index contributed by atoms with van der Waals surface area (Å²) in [6, 6.07) is 8.10. The number of hydrogen-bond donors (Lipinski definition) is 0. The van der Waals surface area contributed by atoms with E-state index in [1.807, 2.05) is 12.1 Å². The van der Waals surface area contributed by atoms with Gasteiger partial charge in [0.2, 0.25) is 0 Å². The number of ether oxygens (including phenoxy) is 1. The summed E-state index contributed by atoms with van der Waals surface area (Å²) in [6.45, 7) is 0.996. The third-order valence-electron chi connectivity index (χ3n) is 3.44. The Bertz CT molecular complexity index is 431. The van der Waals surface area contributed by atoms with E-state index in [9.17, 15) is 13.2 Å². The van der Waals surface area contributed by atoms with E-state index >= 15 is 0 Å². The topological polar surface area (TPSA) is 9.23 Å². The fourth-order valence-electron chi connectivity index (χ4n) is 2.32. The SMILES string of the molecule is Cc1ccccc1C(CBr)(CBr)CCCOCC(F)(F)F. The van der Waals surface area contributed by atoms with Gasteiger partial charge in [-0.3, -0.25) is 0 Å². The summed E-state index contributed by atoms with van der Waals surface area (Å²) >= 11 is 7.11. The minimum absolute atomic E-state index is 0.118. The summed E-state index contributed by atoms with van der Waals surface area (Å²) in [5, 5.41) is 1.49. The molecule has 1 nitrogen and oxygen atoms in total. The van der Waals surface area contributed by atoms with Crippen LogP contribution in [0.5, 0.6) is 0 Å². The standard InChI is InChI=1S/C15H19Br2F3O/c1-12-5-2-3-6-13(12)14(9-16,10-17)7-4-8-21-11-15(18,19)20/h2-3,5-6H,4,7-11H2,1H3. The summed E-state index contributed by atoms with van der Waals surface area (Å²) < 4.78 is 40.8. The van der Waals surface area contributed by atoms with Gasteiger partial charge in [-0.15, -0.1) is 0 Å². The van der Waals surface area contributed by atoms with Gasteiger partial charge in [-0.1, -0.05) is 56.1 Å². The van der Waals surface area contributed by atoms with Gasteiger partial charge < -0.3 is 4.74 Å². The number of halogens is 5. The van der Waals surface area contributed by atoms with Gasteiger partial charge in [0.1, 0.15) is 6.61 Å². The van der Waals surface area contributed by atoms with Gasteiger partial charge in [-0.2, -0.15) is 13.2 Å². The lowest BCUT2D eigenvalue weighted by Gasteiger charge is -2.32. The summed E-state index contributed by atoms with van der Waals surface area (Å²) in [6.07, 6.45) is -2.91. The molecule has 1 rings (SSSR count). The first-order valence-electron chi connectivity index (χ1n) is 6.67. The summed E-state index contributed by atoms with van der Waals surface area (Å²) in [7, 11) is 0. The highest BCUT2D eigenvalue weighted by Crippen LogP contribution is 2.35. The molecule has 0 unspecified atom stereocenters. The third kappa shape index (κ3) is 5.91. The highest BCUT2D eigenvalue weighted by atomic mass is 79.9. The van der Waals surface area contributed by atoms with Crippen LogP contribution < -0.4 is 0 Å². The zero-order valence-corrected chi connectivity index (χ0v) is 15.0. The average Bonchev–Trinajstić information content (AvgIpc) is 2.43. The van der Waals surface area contributed by atoms with Crippen molar-refractivity contribution in [2.75, 3.05) is 23.9 Å². The van der Waals surface area contributed by atoms with Crippen molar-refractivity contribution >= 4 is 31.9 Å². The average molecular weight is 432 g/mol. The van der Waals surface area contributed by atoms with Crippen molar-refractivity contribution in [1.82, 2.24) is 0 Å². The molecule has 0 aromatic heterocycles. The summed E-state index contributed by atoms with van der Waals surface area (Å²) in [5.74, 6) is 0. The predicted molar refractivity (Wildman–Crippen MR) is 86.6 cm³/mol. The van der Waals surface area contributed by atoms with Crippen molar-refractivity contribution in [3.05, 3.63) is 35.4 Å². The Labute approximate surface area is 140 Å². The van der Waals surface area contributed by atoms with Crippen molar-refractivity contribution in [3.63, 3.8) is 0 Å². The van der Waals surface area contributed by atoms with E-state index in [-0.39, 0.29) is 12.0 Å². The van der Waals surface area contributed by atoms with Crippen molar-refractivity contribution in [2.24, 2.45) is 0 Å². The second-order valence-corrected chi connectivity index (χ2v) is 6.26. The van der Waals surface area contributed by atoms with Crippen LogP contribution in [-0.2, 0) is 10.2 Å². The van der Waals surface area contributed by atoms with Crippen LogP contribution in [0.4, 0.5) is 13.2 Å². The number of alkyl halides is 5. The Morgan fingerprint density at radius 3 is 2.24 bits per heavy atom. The van der Waals surface area contributed by atoms with E-state index in [0.29, 0.717) is 6.42 Å². The normalized spacial score (nSPS) is 12.7. The molecule has 0 aliphatic heterocycles. The molecule has 0 aliphatic carbocycles. The largest absolute Gasteiger partial charge is 0.411 e. The first kappa shape index (κ1) is 19.0. The molecule has 1 aromatic carbocycles. The highest BCUT2D eigenvalue weighted by Gasteiger charge is 2.31. The van der Waals surface area contributed by atoms with Crippen LogP contribution in [0.25, 0.3) is 0 Å². The Balaban J connectivity index is 2.64. The van der Waals surface area contributed by atoms with Gasteiger partial charge in [0.15, 0.2) is 0 Å². The Kier molecular flexibility index (Phi) is 7.71. The van der Waals surface area contributed by atoms with Gasteiger partial charge in [0, 0.05) is 22.7 Å². The Hall–Kier alpha value is -0.0700. The van der Waals surface area contributed by atoms with E-state index in [2.05, 4.69) is 50.9 Å². The molecular weight excluding hydrogens is 413 g/mol. The lowest BCUT2D eigenvalue weighted by Crippen LogP contribution is -2.31. The first-order chi connectivity index (χ1) is 9.84. The molecule has 0 spiro atoms. The zero-order valence-electron chi connectivity index (χ0n) is 11.9. The highest BCUT2D eigenvalue weighted by molar-refractivity contribution is 9.09. The molecule has 0 atom stereocenters. The van der Waals surface area contributed by atoms with E-state index in [1.165, 1.54) is 11.1 Å². The maximum atomic E-state index is 12.0. The molecule has 0 heterocycles. The minimum Gasteiger partial charge on any atom is -0.372 e. The molecular formula is C15H19Br2F3O. The maximum absolute atomic E-state index is 12.0. The van der Waals surface area contributed by atoms with Crippen LogP contribution in [0.15, 0.2) is 24.3 Å². The number of hydrogen-bond acceptors (Lipinski definition) is 1. The van der Waals surface area contributed by atoms with Gasteiger partial charge in [-0.05, 0) is 30.9 Å². The van der Waals surface area contributed by atoms with Crippen molar-refractivity contribution in [3.8, 4) is 0 Å². The van der Waals surface area contributed by atoms with Crippen LogP contribution >= 0.6 is 31.9 Å². The molecule has 0 fully saturated rings. The molecule has 0 amide bonds. The van der Waals surface area contributed by atoms with Gasteiger partial charge in [0.25, 0.3) is 0 Å². The summed E-state index contributed by atoms with van der Waals surface area (Å²) in [4.78, 5) is 0. The second-order valence-electron chi connectivity index (χ2n) is 5.13. The number of benzene rings is 1. The molecule has 0 saturated carbocycles. The van der Waals surface area contributed by atoms with Crippen molar-refractivity contribution < 1.29 is 17.9 Å². The van der Waals surface area contributed by atoms with Gasteiger partial charge in [0.05, 0.1) is 0 Å². The molecule has 0 bridgehead atoms. The molecule has 0 saturated heterocycles. The molecule has 0 N–H and O–H groups in total. The molecule has 0 radical (unpaired) electrons. The van der Waals surface area contributed by atoms with E-state index < -0.39 is 12.8 Å². The Morgan fingerprint density at radius 2 is 1.71 bits per heavy atom. The first-order valence-corrected chi connectivity index (χ1v) is 8.91. The lowest BCUT2D eigenvalue weighted by molar-refractivity contribution is -0.174. The molecule has 120 valence electrons. The maximum Gasteiger partial charge on any atom is 0.411 e. The van der Waals surface area contributed by atoms with Crippen molar-refractivity contribution in [1.29, 1.82) is 0 Å². The third-order valence-corrected chi connectivity index (χ3v) is 5.58. The van der Waals surface area contributed by atoms with Crippen LogP contribution in [0.3, 0.4) is 0 Å². The smallest absolute Gasteiger partial charge is 0.372 e. The molecule has 21 heavy (non-hydrogen) atoms. The van der Waals surface area contributed by atoms with Crippen LogP contribution in [-0.4, -0.2) is 30.1 Å². The van der Waals surface area contributed by atoms with Gasteiger partial charge >= 0.3 is 6.18 Å². The van der Waals surface area contributed by atoms with E-state index in [1.54, 1.807) is 0 Å². The molecule has 0 aliphatic rings. The Morgan fingerprint density at radius 1 is 1.10 bits per heavy atom. The minimum atomic E-state index is -4.25. The predicted octanol–water partition coefficient (Wildman–Crippen LogP) is 5.38. The molecule has 1 aromatic rings. The van der Waals surface area contributed by atoms with E-state index in [0.717, 1.165) is 17.1 Å². The number of aryl methyl sites for hydroxylation is 1. The fraction of sp³-hybridized carbons (Fsp3) is 0.600. The lowest BCUT2D eigenvalue weighted by atomic mass is 9.78. The monoisotopic (exact) mass is 430 g/mol. The fourth-order valence-corrected chi connectivity index (χ4v) is 4.41. The van der Waals surface area contributed by atoms with Crippen LogP contribution in [0, 0.1) is 6.92 Å². The summed E-state index contributed by atoms with van der Waals surface area (Å²) in [5.41, 5.74) is 2.27. The molecule has 6 heteroatoms. The van der Waals surface area contributed by atoms with Gasteiger partial charge in [-0.25, -0.2) is 0 Å². The van der Waals surface area contributed by atoms with Crippen LogP contribution in [0.2, 0.25) is 0 Å². The van der Waals surface area contributed by atoms with Crippen molar-refractivity contribution in [2.45, 2.75) is 31.4 Å². The zero-order chi connectivity index (χ0) is 15.9. The number of rotatable bonds is 8.